The van der Waals surface area contributed by atoms with Crippen LogP contribution in [0.3, 0.4) is 0 Å². The second-order valence-electron chi connectivity index (χ2n) is 4.88. The second kappa shape index (κ2) is 3.70. The molecule has 1 aliphatic rings. The van der Waals surface area contributed by atoms with Crippen LogP contribution in [0.4, 0.5) is 0 Å². The zero-order chi connectivity index (χ0) is 12.0. The van der Waals surface area contributed by atoms with Crippen LogP contribution in [0.1, 0.15) is 18.6 Å². The maximum Gasteiger partial charge on any atom is 0.0909 e. The Kier molecular flexibility index (Phi) is 2.40. The minimum absolute atomic E-state index is 0.233. The average molecular weight is 253 g/mol. The molecule has 1 unspecified atom stereocenters. The number of aliphatic hydroxyl groups excluding tert-OH is 1. The van der Waals surface area contributed by atoms with E-state index in [4.69, 9.17) is 16.3 Å². The quantitative estimate of drug-likeness (QED) is 0.862. The largest absolute Gasteiger partial charge is 0.388 e. The van der Waals surface area contributed by atoms with Crippen molar-refractivity contribution < 1.29 is 9.84 Å². The molecule has 5 heteroatoms. The predicted octanol–water partition coefficient (Wildman–Crippen LogP) is 2.29. The molecule has 1 saturated heterocycles. The van der Waals surface area contributed by atoms with Crippen molar-refractivity contribution in [3.05, 3.63) is 28.9 Å². The van der Waals surface area contributed by atoms with Crippen molar-refractivity contribution in [1.29, 1.82) is 0 Å². The molecule has 90 valence electrons. The SMILES string of the molecule is CC1(C(O)c2cc(Cl)cc3cn[nH]c23)COC1. The van der Waals surface area contributed by atoms with E-state index in [1.54, 1.807) is 12.3 Å². The van der Waals surface area contributed by atoms with E-state index in [-0.39, 0.29) is 5.41 Å². The summed E-state index contributed by atoms with van der Waals surface area (Å²) in [5, 5.41) is 18.9. The molecule has 0 radical (unpaired) electrons. The van der Waals surface area contributed by atoms with E-state index in [9.17, 15) is 5.11 Å². The Morgan fingerprint density at radius 1 is 1.53 bits per heavy atom. The first kappa shape index (κ1) is 11.0. The molecule has 0 amide bonds. The lowest BCUT2D eigenvalue weighted by atomic mass is 9.78. The van der Waals surface area contributed by atoms with Crippen LogP contribution in [0.25, 0.3) is 10.9 Å². The summed E-state index contributed by atoms with van der Waals surface area (Å²) in [5.74, 6) is 0. The molecule has 3 rings (SSSR count). The third kappa shape index (κ3) is 1.64. The molecular formula is C12H13ClN2O2. The molecule has 1 aliphatic heterocycles. The van der Waals surface area contributed by atoms with Crippen LogP contribution in [0.15, 0.2) is 18.3 Å². The summed E-state index contributed by atoms with van der Waals surface area (Å²) in [5.41, 5.74) is 1.40. The number of aromatic nitrogens is 2. The number of rotatable bonds is 2. The Balaban J connectivity index is 2.12. The number of halogens is 1. The van der Waals surface area contributed by atoms with Crippen molar-refractivity contribution in [2.75, 3.05) is 13.2 Å². The van der Waals surface area contributed by atoms with Gasteiger partial charge in [-0.05, 0) is 12.1 Å². The fraction of sp³-hybridized carbons (Fsp3) is 0.417. The number of fused-ring (bicyclic) bond motifs is 1. The Morgan fingerprint density at radius 3 is 2.94 bits per heavy atom. The van der Waals surface area contributed by atoms with Crippen LogP contribution in [0, 0.1) is 5.41 Å². The van der Waals surface area contributed by atoms with E-state index in [2.05, 4.69) is 10.2 Å². The van der Waals surface area contributed by atoms with Crippen molar-refractivity contribution in [2.24, 2.45) is 5.41 Å². The van der Waals surface area contributed by atoms with Gasteiger partial charge < -0.3 is 9.84 Å². The lowest BCUT2D eigenvalue weighted by Crippen LogP contribution is -2.44. The molecule has 2 heterocycles. The van der Waals surface area contributed by atoms with E-state index < -0.39 is 6.10 Å². The molecule has 2 N–H and O–H groups in total. The first-order valence-corrected chi connectivity index (χ1v) is 5.86. The van der Waals surface area contributed by atoms with Gasteiger partial charge in [0.2, 0.25) is 0 Å². The van der Waals surface area contributed by atoms with Crippen LogP contribution < -0.4 is 0 Å². The number of benzene rings is 1. The average Bonchev–Trinajstić information content (AvgIpc) is 2.71. The molecular weight excluding hydrogens is 240 g/mol. The highest BCUT2D eigenvalue weighted by Crippen LogP contribution is 2.42. The number of nitrogens with zero attached hydrogens (tertiary/aromatic N) is 1. The van der Waals surface area contributed by atoms with Gasteiger partial charge in [-0.2, -0.15) is 5.10 Å². The third-order valence-corrected chi connectivity index (χ3v) is 3.58. The molecule has 0 saturated carbocycles. The van der Waals surface area contributed by atoms with Gasteiger partial charge in [-0.1, -0.05) is 18.5 Å². The highest BCUT2D eigenvalue weighted by atomic mass is 35.5. The van der Waals surface area contributed by atoms with Gasteiger partial charge in [-0.15, -0.1) is 0 Å². The molecule has 4 nitrogen and oxygen atoms in total. The predicted molar refractivity (Wildman–Crippen MR) is 65.0 cm³/mol. The summed E-state index contributed by atoms with van der Waals surface area (Å²) in [4.78, 5) is 0. The highest BCUT2D eigenvalue weighted by Gasteiger charge is 2.42. The Bertz CT molecular complexity index is 563. The standard InChI is InChI=1S/C12H13ClN2O2/c1-12(5-17-6-12)11(16)9-3-8(13)2-7-4-14-15-10(7)9/h2-4,11,16H,5-6H2,1H3,(H,14,15). The van der Waals surface area contributed by atoms with Crippen molar-refractivity contribution in [2.45, 2.75) is 13.0 Å². The minimum Gasteiger partial charge on any atom is -0.388 e. The normalized spacial score (nSPS) is 20.2. The molecule has 2 aromatic rings. The van der Waals surface area contributed by atoms with Gasteiger partial charge in [-0.3, -0.25) is 5.10 Å². The van der Waals surface area contributed by atoms with Gasteiger partial charge in [0.05, 0.1) is 31.0 Å². The Morgan fingerprint density at radius 2 is 2.29 bits per heavy atom. The summed E-state index contributed by atoms with van der Waals surface area (Å²) in [6.07, 6.45) is 1.11. The molecule has 1 atom stereocenters. The molecule has 1 aromatic heterocycles. The lowest BCUT2D eigenvalue weighted by molar-refractivity contribution is -0.162. The van der Waals surface area contributed by atoms with E-state index in [1.807, 2.05) is 13.0 Å². The van der Waals surface area contributed by atoms with Crippen LogP contribution >= 0.6 is 11.6 Å². The van der Waals surface area contributed by atoms with Crippen LogP contribution in [0.2, 0.25) is 5.02 Å². The molecule has 1 fully saturated rings. The van der Waals surface area contributed by atoms with Crippen molar-refractivity contribution in [1.82, 2.24) is 10.2 Å². The highest BCUT2D eigenvalue weighted by molar-refractivity contribution is 6.31. The summed E-state index contributed by atoms with van der Waals surface area (Å²) >= 11 is 6.05. The summed E-state index contributed by atoms with van der Waals surface area (Å²) in [6.45, 7) is 3.14. The van der Waals surface area contributed by atoms with Gasteiger partial charge >= 0.3 is 0 Å². The van der Waals surface area contributed by atoms with Gasteiger partial charge in [0.25, 0.3) is 0 Å². The summed E-state index contributed by atoms with van der Waals surface area (Å²) in [6, 6.07) is 3.62. The Labute approximate surface area is 104 Å². The zero-order valence-corrected chi connectivity index (χ0v) is 10.2. The number of hydrogen-bond donors (Lipinski definition) is 2. The van der Waals surface area contributed by atoms with Gasteiger partial charge in [0.1, 0.15) is 0 Å². The zero-order valence-electron chi connectivity index (χ0n) is 9.40. The fourth-order valence-electron chi connectivity index (χ4n) is 2.22. The van der Waals surface area contributed by atoms with E-state index >= 15 is 0 Å². The smallest absolute Gasteiger partial charge is 0.0909 e. The second-order valence-corrected chi connectivity index (χ2v) is 5.32. The van der Waals surface area contributed by atoms with Crippen LogP contribution in [0.5, 0.6) is 0 Å². The first-order valence-electron chi connectivity index (χ1n) is 5.48. The number of H-pyrrole nitrogens is 1. The lowest BCUT2D eigenvalue weighted by Gasteiger charge is -2.42. The monoisotopic (exact) mass is 252 g/mol. The number of aliphatic hydroxyl groups is 1. The van der Waals surface area contributed by atoms with Gasteiger partial charge in [0.15, 0.2) is 0 Å². The fourth-order valence-corrected chi connectivity index (χ4v) is 2.46. The summed E-state index contributed by atoms with van der Waals surface area (Å²) in [7, 11) is 0. The third-order valence-electron chi connectivity index (χ3n) is 3.36. The van der Waals surface area contributed by atoms with Crippen LogP contribution in [-0.2, 0) is 4.74 Å². The van der Waals surface area contributed by atoms with E-state index in [1.165, 1.54) is 0 Å². The maximum absolute atomic E-state index is 10.5. The van der Waals surface area contributed by atoms with Crippen molar-refractivity contribution in [3.63, 3.8) is 0 Å². The molecule has 17 heavy (non-hydrogen) atoms. The van der Waals surface area contributed by atoms with Gasteiger partial charge in [-0.25, -0.2) is 0 Å². The number of aromatic amines is 1. The molecule has 0 bridgehead atoms. The first-order chi connectivity index (χ1) is 8.10. The van der Waals surface area contributed by atoms with E-state index in [0.29, 0.717) is 18.2 Å². The topological polar surface area (TPSA) is 58.1 Å². The molecule has 0 spiro atoms. The maximum atomic E-state index is 10.5. The number of nitrogens with one attached hydrogen (secondary N) is 1. The molecule has 1 aromatic carbocycles. The van der Waals surface area contributed by atoms with Gasteiger partial charge in [0, 0.05) is 21.4 Å². The van der Waals surface area contributed by atoms with E-state index in [0.717, 1.165) is 16.5 Å². The van der Waals surface area contributed by atoms with Crippen molar-refractivity contribution in [3.8, 4) is 0 Å². The van der Waals surface area contributed by atoms with Crippen LogP contribution in [-0.4, -0.2) is 28.5 Å². The minimum atomic E-state index is -0.599. The Hall–Kier alpha value is -1.10. The number of hydrogen-bond acceptors (Lipinski definition) is 3. The molecule has 0 aliphatic carbocycles. The number of ether oxygens (including phenoxy) is 1. The summed E-state index contributed by atoms with van der Waals surface area (Å²) < 4.78 is 5.19. The van der Waals surface area contributed by atoms with Crippen molar-refractivity contribution >= 4 is 22.5 Å².